The number of para-hydroxylation sites is 1. The number of hydrogen-bond acceptors (Lipinski definition) is 5. The van der Waals surface area contributed by atoms with E-state index in [0.717, 1.165) is 17.7 Å². The number of H-pyrrole nitrogens is 1. The first kappa shape index (κ1) is 17.4. The van der Waals surface area contributed by atoms with Crippen molar-refractivity contribution in [2.75, 3.05) is 13.1 Å². The summed E-state index contributed by atoms with van der Waals surface area (Å²) in [7, 11) is -3.50. The summed E-state index contributed by atoms with van der Waals surface area (Å²) in [6.45, 7) is 2.72. The lowest BCUT2D eigenvalue weighted by Crippen LogP contribution is -2.39. The van der Waals surface area contributed by atoms with Gasteiger partial charge in [0.2, 0.25) is 0 Å². The van der Waals surface area contributed by atoms with Crippen LogP contribution in [-0.4, -0.2) is 35.8 Å². The van der Waals surface area contributed by atoms with Crippen LogP contribution in [0.1, 0.15) is 29.5 Å². The molecule has 0 unspecified atom stereocenters. The van der Waals surface area contributed by atoms with Crippen LogP contribution in [0.5, 0.6) is 0 Å². The molecule has 1 aliphatic rings. The number of nitrogens with one attached hydrogen (secondary N) is 1. The van der Waals surface area contributed by atoms with Crippen molar-refractivity contribution >= 4 is 32.3 Å². The van der Waals surface area contributed by atoms with E-state index in [4.69, 9.17) is 0 Å². The molecule has 1 fully saturated rings. The van der Waals surface area contributed by atoms with Crippen LogP contribution in [0.4, 0.5) is 0 Å². The molecule has 1 N–H and O–H groups in total. The summed E-state index contributed by atoms with van der Waals surface area (Å²) in [4.78, 5) is 20.7. The Morgan fingerprint density at radius 1 is 1.23 bits per heavy atom. The molecule has 3 heterocycles. The highest BCUT2D eigenvalue weighted by atomic mass is 32.2. The van der Waals surface area contributed by atoms with Crippen molar-refractivity contribution in [1.82, 2.24) is 14.3 Å². The van der Waals surface area contributed by atoms with Gasteiger partial charge in [-0.05, 0) is 44.0 Å². The molecule has 0 spiro atoms. The van der Waals surface area contributed by atoms with Gasteiger partial charge in [0.25, 0.3) is 15.6 Å². The molecule has 6 nitrogen and oxygen atoms in total. The standard InChI is InChI=1S/C18H19N3O3S2/c1-12-8-9-16(25-12)26(23,24)21-10-4-5-13(11-21)17-19-15-7-3-2-6-14(15)18(22)20-17/h2-3,6-9,13H,4-5,10-11H2,1H3,(H,19,20,22)/t13-/m0/s1. The first-order valence-corrected chi connectivity index (χ1v) is 10.8. The second-order valence-corrected chi connectivity index (χ2v) is 9.99. The molecule has 0 bridgehead atoms. The van der Waals surface area contributed by atoms with Gasteiger partial charge in [-0.25, -0.2) is 13.4 Å². The van der Waals surface area contributed by atoms with Gasteiger partial charge in [0.05, 0.1) is 10.9 Å². The Balaban J connectivity index is 1.66. The van der Waals surface area contributed by atoms with Gasteiger partial charge < -0.3 is 4.98 Å². The molecule has 136 valence electrons. The van der Waals surface area contributed by atoms with Crippen LogP contribution in [0.25, 0.3) is 10.9 Å². The Morgan fingerprint density at radius 2 is 2.04 bits per heavy atom. The molecule has 0 radical (unpaired) electrons. The van der Waals surface area contributed by atoms with Crippen molar-refractivity contribution in [3.05, 3.63) is 57.5 Å². The molecule has 1 aromatic carbocycles. The van der Waals surface area contributed by atoms with E-state index >= 15 is 0 Å². The van der Waals surface area contributed by atoms with Crippen molar-refractivity contribution in [2.24, 2.45) is 0 Å². The Labute approximate surface area is 155 Å². The fourth-order valence-corrected chi connectivity index (χ4v) is 6.32. The van der Waals surface area contributed by atoms with Crippen LogP contribution in [0, 0.1) is 6.92 Å². The smallest absolute Gasteiger partial charge is 0.258 e. The van der Waals surface area contributed by atoms with E-state index in [9.17, 15) is 13.2 Å². The Kier molecular flexibility index (Phi) is 4.42. The Morgan fingerprint density at radius 3 is 2.81 bits per heavy atom. The average Bonchev–Trinajstić information content (AvgIpc) is 3.09. The number of aromatic nitrogens is 2. The maximum Gasteiger partial charge on any atom is 0.258 e. The maximum atomic E-state index is 12.9. The van der Waals surface area contributed by atoms with Gasteiger partial charge in [-0.15, -0.1) is 11.3 Å². The number of sulfonamides is 1. The van der Waals surface area contributed by atoms with Gasteiger partial charge in [0.15, 0.2) is 0 Å². The van der Waals surface area contributed by atoms with E-state index in [1.165, 1.54) is 15.6 Å². The summed E-state index contributed by atoms with van der Waals surface area (Å²) in [5.74, 6) is 0.452. The highest BCUT2D eigenvalue weighted by Crippen LogP contribution is 2.31. The number of benzene rings is 1. The van der Waals surface area contributed by atoms with Crippen molar-refractivity contribution in [2.45, 2.75) is 29.9 Å². The number of piperidine rings is 1. The topological polar surface area (TPSA) is 83.1 Å². The number of rotatable bonds is 3. The van der Waals surface area contributed by atoms with E-state index in [1.54, 1.807) is 24.3 Å². The maximum absolute atomic E-state index is 12.9. The average molecular weight is 390 g/mol. The summed E-state index contributed by atoms with van der Waals surface area (Å²) < 4.78 is 27.7. The zero-order valence-electron chi connectivity index (χ0n) is 14.3. The summed E-state index contributed by atoms with van der Waals surface area (Å²) in [6, 6.07) is 10.7. The minimum absolute atomic E-state index is 0.114. The lowest BCUT2D eigenvalue weighted by atomic mass is 9.98. The molecule has 0 amide bonds. The first-order chi connectivity index (χ1) is 12.4. The van der Waals surface area contributed by atoms with Crippen molar-refractivity contribution < 1.29 is 8.42 Å². The molecule has 8 heteroatoms. The molecule has 4 rings (SSSR count). The first-order valence-electron chi connectivity index (χ1n) is 8.51. The molecule has 0 saturated carbocycles. The molecule has 1 aliphatic heterocycles. The van der Waals surface area contributed by atoms with E-state index in [2.05, 4.69) is 9.97 Å². The van der Waals surface area contributed by atoms with E-state index in [1.807, 2.05) is 19.1 Å². The third-order valence-electron chi connectivity index (χ3n) is 4.71. The lowest BCUT2D eigenvalue weighted by Gasteiger charge is -2.31. The molecule has 3 aromatic rings. The van der Waals surface area contributed by atoms with Crippen molar-refractivity contribution in [3.8, 4) is 0 Å². The summed E-state index contributed by atoms with van der Waals surface area (Å²) in [5, 5.41) is 0.547. The molecule has 2 aromatic heterocycles. The molecule has 26 heavy (non-hydrogen) atoms. The van der Waals surface area contributed by atoms with Crippen LogP contribution < -0.4 is 5.56 Å². The summed E-state index contributed by atoms with van der Waals surface area (Å²) >= 11 is 1.29. The zero-order valence-corrected chi connectivity index (χ0v) is 15.9. The van der Waals surface area contributed by atoms with Gasteiger partial charge >= 0.3 is 0 Å². The van der Waals surface area contributed by atoms with Crippen LogP contribution in [-0.2, 0) is 10.0 Å². The van der Waals surface area contributed by atoms with Gasteiger partial charge in [0.1, 0.15) is 10.0 Å². The van der Waals surface area contributed by atoms with Crippen LogP contribution >= 0.6 is 11.3 Å². The van der Waals surface area contributed by atoms with E-state index < -0.39 is 10.0 Å². The predicted molar refractivity (Wildman–Crippen MR) is 102 cm³/mol. The second kappa shape index (κ2) is 6.61. The second-order valence-electron chi connectivity index (χ2n) is 6.54. The minimum Gasteiger partial charge on any atom is -0.310 e. The third-order valence-corrected chi connectivity index (χ3v) is 8.05. The van der Waals surface area contributed by atoms with E-state index in [-0.39, 0.29) is 11.5 Å². The lowest BCUT2D eigenvalue weighted by molar-refractivity contribution is 0.310. The van der Waals surface area contributed by atoms with Gasteiger partial charge in [-0.3, -0.25) is 4.79 Å². The Bertz CT molecular complexity index is 1120. The molecular weight excluding hydrogens is 370 g/mol. The van der Waals surface area contributed by atoms with Crippen LogP contribution in [0.2, 0.25) is 0 Å². The third kappa shape index (κ3) is 3.08. The van der Waals surface area contributed by atoms with Crippen LogP contribution in [0.15, 0.2) is 45.4 Å². The number of hydrogen-bond donors (Lipinski definition) is 1. The minimum atomic E-state index is -3.50. The van der Waals surface area contributed by atoms with Crippen LogP contribution in [0.3, 0.4) is 0 Å². The van der Waals surface area contributed by atoms with Crippen molar-refractivity contribution in [1.29, 1.82) is 0 Å². The van der Waals surface area contributed by atoms with Gasteiger partial charge in [-0.1, -0.05) is 12.1 Å². The largest absolute Gasteiger partial charge is 0.310 e. The monoisotopic (exact) mass is 389 g/mol. The molecule has 1 atom stereocenters. The zero-order chi connectivity index (χ0) is 18.3. The van der Waals surface area contributed by atoms with Gasteiger partial charge in [-0.2, -0.15) is 4.31 Å². The Hall–Kier alpha value is -2.03. The number of aryl methyl sites for hydroxylation is 1. The molecule has 1 saturated heterocycles. The van der Waals surface area contributed by atoms with Crippen molar-refractivity contribution in [3.63, 3.8) is 0 Å². The number of nitrogens with zero attached hydrogens (tertiary/aromatic N) is 2. The van der Waals surface area contributed by atoms with Gasteiger partial charge in [0, 0.05) is 23.9 Å². The SMILES string of the molecule is Cc1ccc(S(=O)(=O)N2CCC[C@H](c3nc4ccccc4c(=O)[nH]3)C2)s1. The molecule has 0 aliphatic carbocycles. The quantitative estimate of drug-likeness (QED) is 0.747. The summed E-state index contributed by atoms with van der Waals surface area (Å²) in [5.41, 5.74) is 0.458. The normalized spacial score (nSPS) is 19.0. The number of fused-ring (bicyclic) bond motifs is 1. The molecular formula is C18H19N3O3S2. The highest BCUT2D eigenvalue weighted by Gasteiger charge is 2.32. The fourth-order valence-electron chi connectivity index (χ4n) is 3.36. The fraction of sp³-hybridized carbons (Fsp3) is 0.333. The number of aromatic amines is 1. The summed E-state index contributed by atoms with van der Waals surface area (Å²) in [6.07, 6.45) is 1.54. The van der Waals surface area contributed by atoms with E-state index in [0.29, 0.717) is 34.0 Å². The number of thiophene rings is 1. The predicted octanol–water partition coefficient (Wildman–Crippen LogP) is 2.86. The highest BCUT2D eigenvalue weighted by molar-refractivity contribution is 7.91.